The number of aliphatic carboxylic acids is 1. The van der Waals surface area contributed by atoms with Crippen molar-refractivity contribution in [3.8, 4) is 0 Å². The third-order valence-electron chi connectivity index (χ3n) is 7.59. The van der Waals surface area contributed by atoms with Crippen LogP contribution in [0, 0.1) is 5.41 Å². The molecule has 9 heteroatoms. The molecule has 1 aliphatic carbocycles. The minimum atomic E-state index is -1.04. The van der Waals surface area contributed by atoms with Gasteiger partial charge in [-0.3, -0.25) is 4.79 Å². The van der Waals surface area contributed by atoms with Gasteiger partial charge in [-0.25, -0.2) is 14.2 Å². The number of pyridine rings is 1. The minimum absolute atomic E-state index is 0.00500. The number of fused-ring (bicyclic) bond motifs is 1. The lowest BCUT2D eigenvalue weighted by Gasteiger charge is -2.38. The fourth-order valence-electron chi connectivity index (χ4n) is 5.08. The second-order valence-electron chi connectivity index (χ2n) is 10.7. The van der Waals surface area contributed by atoms with E-state index in [2.05, 4.69) is 29.7 Å². The first-order valence-electron chi connectivity index (χ1n) is 13.4. The van der Waals surface area contributed by atoms with Crippen LogP contribution in [0.5, 0.6) is 0 Å². The molecule has 202 valence electrons. The van der Waals surface area contributed by atoms with Crippen LogP contribution in [0.3, 0.4) is 0 Å². The molecule has 0 saturated heterocycles. The molecule has 1 amide bonds. The number of hydrogen-bond acceptors (Lipinski definition) is 6. The Morgan fingerprint density at radius 1 is 1.28 bits per heavy atom. The molecular weight excluding hydrogens is 463 g/mol. The number of nitrogens with one attached hydrogen (secondary N) is 2. The summed E-state index contributed by atoms with van der Waals surface area (Å²) in [5.74, 6) is -0.246. The zero-order valence-electron chi connectivity index (χ0n) is 21.9. The number of carbonyl (C=O) groups is 2. The molecular formula is C27H43FN4O4. The molecule has 3 N–H and O–H groups in total. The van der Waals surface area contributed by atoms with E-state index in [9.17, 15) is 19.1 Å². The van der Waals surface area contributed by atoms with Crippen molar-refractivity contribution < 1.29 is 23.8 Å². The van der Waals surface area contributed by atoms with Crippen molar-refractivity contribution in [3.05, 3.63) is 23.4 Å². The number of methoxy groups -OCH3 is 1. The van der Waals surface area contributed by atoms with Gasteiger partial charge in [0.1, 0.15) is 18.5 Å². The summed E-state index contributed by atoms with van der Waals surface area (Å²) in [6, 6.07) is 3.30. The average Bonchev–Trinajstić information content (AvgIpc) is 2.85. The maximum Gasteiger partial charge on any atom is 0.326 e. The van der Waals surface area contributed by atoms with E-state index in [0.29, 0.717) is 26.1 Å². The average molecular weight is 507 g/mol. The van der Waals surface area contributed by atoms with Crippen molar-refractivity contribution >= 4 is 17.7 Å². The van der Waals surface area contributed by atoms with Gasteiger partial charge in [-0.15, -0.1) is 0 Å². The number of amides is 1. The SMILES string of the molecule is CO[C@H](CF)CN(CCCCc1ccc2c(n1)NCCC2)CC[C@H](NC(=O)CC1(C)CCC1)C(=O)O. The quantitative estimate of drug-likeness (QED) is 0.294. The number of aryl methyl sites for hydroxylation is 2. The molecule has 36 heavy (non-hydrogen) atoms. The molecule has 1 fully saturated rings. The Bertz CT molecular complexity index is 860. The first-order chi connectivity index (χ1) is 17.3. The Morgan fingerprint density at radius 3 is 2.75 bits per heavy atom. The first kappa shape index (κ1) is 28.3. The predicted molar refractivity (Wildman–Crippen MR) is 138 cm³/mol. The number of anilines is 1. The van der Waals surface area contributed by atoms with Gasteiger partial charge in [0.2, 0.25) is 5.91 Å². The van der Waals surface area contributed by atoms with Crippen molar-refractivity contribution in [1.82, 2.24) is 15.2 Å². The molecule has 2 aliphatic rings. The van der Waals surface area contributed by atoms with Crippen molar-refractivity contribution in [2.24, 2.45) is 5.41 Å². The molecule has 0 spiro atoms. The van der Waals surface area contributed by atoms with Gasteiger partial charge < -0.3 is 25.4 Å². The molecule has 1 aliphatic heterocycles. The molecule has 1 aromatic rings. The topological polar surface area (TPSA) is 104 Å². The van der Waals surface area contributed by atoms with Gasteiger partial charge in [0.25, 0.3) is 0 Å². The Hall–Kier alpha value is -2.26. The Kier molecular flexibility index (Phi) is 10.9. The number of carboxylic acid groups (broad SMARTS) is 1. The van der Waals surface area contributed by atoms with E-state index in [0.717, 1.165) is 69.4 Å². The highest BCUT2D eigenvalue weighted by molar-refractivity contribution is 5.83. The van der Waals surface area contributed by atoms with Gasteiger partial charge in [0, 0.05) is 38.9 Å². The van der Waals surface area contributed by atoms with E-state index in [-0.39, 0.29) is 17.7 Å². The van der Waals surface area contributed by atoms with Crippen LogP contribution in [0.1, 0.15) is 69.5 Å². The summed E-state index contributed by atoms with van der Waals surface area (Å²) < 4.78 is 18.6. The van der Waals surface area contributed by atoms with Gasteiger partial charge in [-0.05, 0) is 75.0 Å². The lowest BCUT2D eigenvalue weighted by Crippen LogP contribution is -2.46. The van der Waals surface area contributed by atoms with Gasteiger partial charge in [-0.2, -0.15) is 0 Å². The molecule has 0 aromatic carbocycles. The summed E-state index contributed by atoms with van der Waals surface area (Å²) in [5.41, 5.74) is 2.33. The maximum absolute atomic E-state index is 13.3. The standard InChI is InChI=1S/C27H43FN4O4/c1-27(12-6-13-27)17-24(33)31-23(26(34)35)11-16-32(19-22(18-28)36-2)15-4-3-8-21-10-9-20-7-5-14-29-25(20)30-21/h9-10,22-23H,3-8,11-19H2,1-2H3,(H,29,30)(H,31,33)(H,34,35)/t22-,23+/m1/s1. The van der Waals surface area contributed by atoms with Crippen molar-refractivity contribution in [2.75, 3.05) is 45.3 Å². The van der Waals surface area contributed by atoms with Gasteiger partial charge in [0.15, 0.2) is 0 Å². The monoisotopic (exact) mass is 506 g/mol. The van der Waals surface area contributed by atoms with E-state index in [4.69, 9.17) is 9.72 Å². The zero-order chi connectivity index (χ0) is 26.0. The lowest BCUT2D eigenvalue weighted by molar-refractivity contribution is -0.142. The maximum atomic E-state index is 13.3. The predicted octanol–water partition coefficient (Wildman–Crippen LogP) is 3.59. The fraction of sp³-hybridized carbons (Fsp3) is 0.741. The van der Waals surface area contributed by atoms with E-state index < -0.39 is 24.8 Å². The Labute approximate surface area is 214 Å². The third kappa shape index (κ3) is 8.69. The Morgan fingerprint density at radius 2 is 2.08 bits per heavy atom. The number of carbonyl (C=O) groups excluding carboxylic acids is 1. The van der Waals surface area contributed by atoms with Gasteiger partial charge in [0.05, 0.1) is 6.10 Å². The van der Waals surface area contributed by atoms with Crippen LogP contribution >= 0.6 is 0 Å². The van der Waals surface area contributed by atoms with Crippen LogP contribution in [0.2, 0.25) is 0 Å². The summed E-state index contributed by atoms with van der Waals surface area (Å²) in [5, 5.41) is 15.7. The van der Waals surface area contributed by atoms with E-state index in [1.807, 2.05) is 4.90 Å². The van der Waals surface area contributed by atoms with E-state index in [1.54, 1.807) is 0 Å². The van der Waals surface area contributed by atoms with Crippen molar-refractivity contribution in [3.63, 3.8) is 0 Å². The normalized spacial score (nSPS) is 18.0. The molecule has 0 unspecified atom stereocenters. The molecule has 1 aromatic heterocycles. The number of halogens is 1. The summed E-state index contributed by atoms with van der Waals surface area (Å²) in [6.45, 7) is 3.95. The molecule has 2 heterocycles. The number of alkyl halides is 1. The lowest BCUT2D eigenvalue weighted by atomic mass is 9.68. The van der Waals surface area contributed by atoms with Crippen molar-refractivity contribution in [1.29, 1.82) is 0 Å². The van der Waals surface area contributed by atoms with E-state index in [1.165, 1.54) is 12.7 Å². The first-order valence-corrected chi connectivity index (χ1v) is 13.4. The highest BCUT2D eigenvalue weighted by Crippen LogP contribution is 2.43. The number of unbranched alkanes of at least 4 members (excludes halogenated alkanes) is 1. The fourth-order valence-corrected chi connectivity index (χ4v) is 5.08. The van der Waals surface area contributed by atoms with Crippen LogP contribution in [0.15, 0.2) is 12.1 Å². The summed E-state index contributed by atoms with van der Waals surface area (Å²) in [6.07, 6.45) is 8.05. The van der Waals surface area contributed by atoms with Crippen molar-refractivity contribution in [2.45, 2.75) is 83.3 Å². The molecule has 2 atom stereocenters. The number of carboxylic acids is 1. The highest BCUT2D eigenvalue weighted by Gasteiger charge is 2.35. The van der Waals surface area contributed by atoms with Crippen LogP contribution in [-0.2, 0) is 27.2 Å². The highest BCUT2D eigenvalue weighted by atomic mass is 19.1. The molecule has 3 rings (SSSR count). The molecule has 1 saturated carbocycles. The second kappa shape index (κ2) is 13.9. The summed E-state index contributed by atoms with van der Waals surface area (Å²) >= 11 is 0. The smallest absolute Gasteiger partial charge is 0.326 e. The largest absolute Gasteiger partial charge is 0.480 e. The van der Waals surface area contributed by atoms with Crippen LogP contribution in [-0.4, -0.2) is 79.0 Å². The zero-order valence-corrected chi connectivity index (χ0v) is 21.9. The minimum Gasteiger partial charge on any atom is -0.480 e. The summed E-state index contributed by atoms with van der Waals surface area (Å²) in [7, 11) is 1.49. The third-order valence-corrected chi connectivity index (χ3v) is 7.59. The van der Waals surface area contributed by atoms with Gasteiger partial charge in [-0.1, -0.05) is 19.4 Å². The number of aromatic nitrogens is 1. The molecule has 0 radical (unpaired) electrons. The van der Waals surface area contributed by atoms with Crippen LogP contribution < -0.4 is 10.6 Å². The number of nitrogens with zero attached hydrogens (tertiary/aromatic N) is 2. The van der Waals surface area contributed by atoms with E-state index >= 15 is 0 Å². The van der Waals surface area contributed by atoms with Crippen LogP contribution in [0.25, 0.3) is 0 Å². The molecule has 8 nitrogen and oxygen atoms in total. The van der Waals surface area contributed by atoms with Crippen LogP contribution in [0.4, 0.5) is 10.2 Å². The second-order valence-corrected chi connectivity index (χ2v) is 10.7. The molecule has 0 bridgehead atoms. The number of rotatable bonds is 16. The Balaban J connectivity index is 1.48. The number of hydrogen-bond donors (Lipinski definition) is 3. The summed E-state index contributed by atoms with van der Waals surface area (Å²) in [4.78, 5) is 31.1. The van der Waals surface area contributed by atoms with Gasteiger partial charge >= 0.3 is 5.97 Å². The number of ether oxygens (including phenoxy) is 1.